The van der Waals surface area contributed by atoms with Crippen molar-refractivity contribution < 1.29 is 18.7 Å². The SMILES string of the molecule is Cc1ccc2c(c1)N(Cc1nc(C(=O)NCCN3CCCCC3)co1)C(=O)CO2. The van der Waals surface area contributed by atoms with Gasteiger partial charge in [-0.15, -0.1) is 0 Å². The Balaban J connectivity index is 1.36. The molecule has 0 unspecified atom stereocenters. The Morgan fingerprint density at radius 1 is 1.24 bits per heavy atom. The molecule has 154 valence electrons. The summed E-state index contributed by atoms with van der Waals surface area (Å²) in [7, 11) is 0. The molecular formula is C21H26N4O4. The molecule has 1 aromatic heterocycles. The van der Waals surface area contributed by atoms with E-state index in [0.717, 1.165) is 25.2 Å². The van der Waals surface area contributed by atoms with Gasteiger partial charge in [0.15, 0.2) is 12.3 Å². The summed E-state index contributed by atoms with van der Waals surface area (Å²) >= 11 is 0. The number of benzene rings is 1. The van der Waals surface area contributed by atoms with Gasteiger partial charge in [-0.25, -0.2) is 4.98 Å². The molecule has 2 aliphatic rings. The van der Waals surface area contributed by atoms with E-state index >= 15 is 0 Å². The molecule has 4 rings (SSSR count). The molecule has 29 heavy (non-hydrogen) atoms. The number of likely N-dealkylation sites (tertiary alicyclic amines) is 1. The van der Waals surface area contributed by atoms with Crippen molar-refractivity contribution in [3.8, 4) is 5.75 Å². The van der Waals surface area contributed by atoms with Crippen molar-refractivity contribution in [1.29, 1.82) is 0 Å². The Kier molecular flexibility index (Phi) is 5.80. The number of oxazole rings is 1. The first kappa shape index (κ1) is 19.4. The van der Waals surface area contributed by atoms with E-state index in [0.29, 0.717) is 23.9 Å². The molecule has 1 aromatic carbocycles. The number of carbonyl (C=O) groups excluding carboxylic acids is 2. The Hall–Kier alpha value is -2.87. The van der Waals surface area contributed by atoms with Crippen molar-refractivity contribution >= 4 is 17.5 Å². The van der Waals surface area contributed by atoms with Crippen LogP contribution in [0.3, 0.4) is 0 Å². The summed E-state index contributed by atoms with van der Waals surface area (Å²) in [6.45, 7) is 5.69. The first-order chi connectivity index (χ1) is 14.1. The van der Waals surface area contributed by atoms with Gasteiger partial charge in [-0.1, -0.05) is 12.5 Å². The summed E-state index contributed by atoms with van der Waals surface area (Å²) in [4.78, 5) is 32.9. The van der Waals surface area contributed by atoms with E-state index in [1.807, 2.05) is 25.1 Å². The minimum Gasteiger partial charge on any atom is -0.482 e. The molecule has 2 aromatic rings. The molecule has 0 radical (unpaired) electrons. The van der Waals surface area contributed by atoms with Gasteiger partial charge in [0, 0.05) is 13.1 Å². The number of aryl methyl sites for hydroxylation is 1. The highest BCUT2D eigenvalue weighted by Crippen LogP contribution is 2.33. The van der Waals surface area contributed by atoms with Gasteiger partial charge in [-0.2, -0.15) is 0 Å². The molecule has 0 spiro atoms. The van der Waals surface area contributed by atoms with Crippen LogP contribution in [0.1, 0.15) is 41.2 Å². The maximum Gasteiger partial charge on any atom is 0.273 e. The molecule has 3 heterocycles. The van der Waals surface area contributed by atoms with E-state index in [1.165, 1.54) is 25.5 Å². The summed E-state index contributed by atoms with van der Waals surface area (Å²) < 4.78 is 10.9. The Bertz CT molecular complexity index is 889. The van der Waals surface area contributed by atoms with E-state index in [4.69, 9.17) is 9.15 Å². The van der Waals surface area contributed by atoms with Crippen molar-refractivity contribution in [1.82, 2.24) is 15.2 Å². The highest BCUT2D eigenvalue weighted by atomic mass is 16.5. The number of hydrogen-bond donors (Lipinski definition) is 1. The van der Waals surface area contributed by atoms with Crippen molar-refractivity contribution in [2.45, 2.75) is 32.7 Å². The maximum atomic E-state index is 12.4. The lowest BCUT2D eigenvalue weighted by molar-refractivity contribution is -0.121. The van der Waals surface area contributed by atoms with Gasteiger partial charge >= 0.3 is 0 Å². The first-order valence-electron chi connectivity index (χ1n) is 10.1. The number of fused-ring (bicyclic) bond motifs is 1. The molecule has 1 N–H and O–H groups in total. The third-order valence-electron chi connectivity index (χ3n) is 5.30. The van der Waals surface area contributed by atoms with E-state index in [-0.39, 0.29) is 30.7 Å². The highest BCUT2D eigenvalue weighted by Gasteiger charge is 2.27. The average Bonchev–Trinajstić information content (AvgIpc) is 3.20. The molecule has 0 saturated carbocycles. The zero-order chi connectivity index (χ0) is 20.2. The number of nitrogens with zero attached hydrogens (tertiary/aromatic N) is 3. The lowest BCUT2D eigenvalue weighted by Gasteiger charge is -2.28. The summed E-state index contributed by atoms with van der Waals surface area (Å²) in [6, 6.07) is 5.68. The zero-order valence-electron chi connectivity index (χ0n) is 16.6. The smallest absolute Gasteiger partial charge is 0.273 e. The Morgan fingerprint density at radius 3 is 2.90 bits per heavy atom. The van der Waals surface area contributed by atoms with Crippen LogP contribution >= 0.6 is 0 Å². The summed E-state index contributed by atoms with van der Waals surface area (Å²) in [6.07, 6.45) is 5.08. The molecule has 0 atom stereocenters. The van der Waals surface area contributed by atoms with Crippen molar-refractivity contribution in [2.24, 2.45) is 0 Å². The van der Waals surface area contributed by atoms with Crippen LogP contribution in [0, 0.1) is 6.92 Å². The number of ether oxygens (including phenoxy) is 1. The first-order valence-corrected chi connectivity index (χ1v) is 10.1. The zero-order valence-corrected chi connectivity index (χ0v) is 16.6. The van der Waals surface area contributed by atoms with E-state index in [9.17, 15) is 9.59 Å². The van der Waals surface area contributed by atoms with Gasteiger partial charge in [0.05, 0.1) is 5.69 Å². The maximum absolute atomic E-state index is 12.4. The predicted molar refractivity (Wildman–Crippen MR) is 107 cm³/mol. The topological polar surface area (TPSA) is 87.9 Å². The largest absolute Gasteiger partial charge is 0.482 e. The summed E-state index contributed by atoms with van der Waals surface area (Å²) in [5.41, 5.74) is 1.93. The van der Waals surface area contributed by atoms with Gasteiger partial charge < -0.3 is 19.4 Å². The van der Waals surface area contributed by atoms with Crippen molar-refractivity contribution in [3.63, 3.8) is 0 Å². The summed E-state index contributed by atoms with van der Waals surface area (Å²) in [5, 5.41) is 2.89. The van der Waals surface area contributed by atoms with Crippen LogP contribution in [0.4, 0.5) is 5.69 Å². The van der Waals surface area contributed by atoms with Gasteiger partial charge in [-0.05, 0) is 50.6 Å². The van der Waals surface area contributed by atoms with Crippen LogP contribution in [0.25, 0.3) is 0 Å². The molecule has 2 amide bonds. The fourth-order valence-corrected chi connectivity index (χ4v) is 3.71. The lowest BCUT2D eigenvalue weighted by Crippen LogP contribution is -2.38. The molecule has 8 nitrogen and oxygen atoms in total. The van der Waals surface area contributed by atoms with Crippen molar-refractivity contribution in [3.05, 3.63) is 41.6 Å². The molecule has 0 bridgehead atoms. The number of anilines is 1. The minimum atomic E-state index is -0.262. The second-order valence-corrected chi connectivity index (χ2v) is 7.52. The van der Waals surface area contributed by atoms with E-state index in [1.54, 1.807) is 4.90 Å². The van der Waals surface area contributed by atoms with Gasteiger partial charge in [0.2, 0.25) is 5.89 Å². The van der Waals surface area contributed by atoms with Crippen LogP contribution < -0.4 is 15.0 Å². The van der Waals surface area contributed by atoms with Crippen LogP contribution in [-0.2, 0) is 11.3 Å². The third-order valence-corrected chi connectivity index (χ3v) is 5.30. The predicted octanol–water partition coefficient (Wildman–Crippen LogP) is 2.12. The number of amides is 2. The Labute approximate surface area is 169 Å². The summed E-state index contributed by atoms with van der Waals surface area (Å²) in [5.74, 6) is 0.529. The molecule has 8 heteroatoms. The average molecular weight is 398 g/mol. The second kappa shape index (κ2) is 8.65. The number of aromatic nitrogens is 1. The number of piperidine rings is 1. The number of hydrogen-bond acceptors (Lipinski definition) is 6. The Morgan fingerprint density at radius 2 is 2.07 bits per heavy atom. The van der Waals surface area contributed by atoms with Crippen LogP contribution in [0.5, 0.6) is 5.75 Å². The number of nitrogens with one attached hydrogen (secondary N) is 1. The molecule has 0 aliphatic carbocycles. The minimum absolute atomic E-state index is 0.0272. The second-order valence-electron chi connectivity index (χ2n) is 7.52. The lowest BCUT2D eigenvalue weighted by atomic mass is 10.1. The van der Waals surface area contributed by atoms with E-state index < -0.39 is 0 Å². The normalized spacial score (nSPS) is 17.0. The van der Waals surface area contributed by atoms with Crippen molar-refractivity contribution in [2.75, 3.05) is 37.7 Å². The fraction of sp³-hybridized carbons (Fsp3) is 0.476. The molecule has 1 saturated heterocycles. The number of rotatable bonds is 6. The number of carbonyl (C=O) groups is 2. The highest BCUT2D eigenvalue weighted by molar-refractivity contribution is 5.97. The van der Waals surface area contributed by atoms with Gasteiger partial charge in [0.25, 0.3) is 11.8 Å². The van der Waals surface area contributed by atoms with Gasteiger partial charge in [-0.3, -0.25) is 14.5 Å². The van der Waals surface area contributed by atoms with Crippen LogP contribution in [0.2, 0.25) is 0 Å². The van der Waals surface area contributed by atoms with Gasteiger partial charge in [0.1, 0.15) is 18.6 Å². The molecule has 1 fully saturated rings. The standard InChI is InChI=1S/C21H26N4O4/c1-15-5-6-18-17(11-15)25(20(26)14-28-18)12-19-23-16(13-29-19)21(27)22-7-10-24-8-3-2-4-9-24/h5-6,11,13H,2-4,7-10,12,14H2,1H3,(H,22,27). The van der Waals surface area contributed by atoms with E-state index in [2.05, 4.69) is 15.2 Å². The van der Waals surface area contributed by atoms with Crippen LogP contribution in [-0.4, -0.2) is 54.5 Å². The quantitative estimate of drug-likeness (QED) is 0.802. The fourth-order valence-electron chi connectivity index (χ4n) is 3.71. The monoisotopic (exact) mass is 398 g/mol. The molecule has 2 aliphatic heterocycles. The third kappa shape index (κ3) is 4.59. The van der Waals surface area contributed by atoms with Crippen LogP contribution in [0.15, 0.2) is 28.9 Å². The molecular weight excluding hydrogens is 372 g/mol.